The number of halogens is 6. The molecule has 0 aliphatic rings. The zero-order valence-corrected chi connectivity index (χ0v) is 13.2. The maximum absolute atomic E-state index is 11.9. The van der Waals surface area contributed by atoms with E-state index in [0.717, 1.165) is 12.3 Å². The summed E-state index contributed by atoms with van der Waals surface area (Å²) in [6, 6.07) is 2.25. The maximum atomic E-state index is 11.9. The smallest absolute Gasteiger partial charge is 0.445 e. The van der Waals surface area contributed by atoms with Crippen LogP contribution in [0.2, 0.25) is 0 Å². The van der Waals surface area contributed by atoms with E-state index in [4.69, 9.17) is 0 Å². The van der Waals surface area contributed by atoms with Crippen molar-refractivity contribution in [3.63, 3.8) is 0 Å². The van der Waals surface area contributed by atoms with Crippen LogP contribution in [0.3, 0.4) is 0 Å². The molecule has 1 aromatic heterocycles. The van der Waals surface area contributed by atoms with E-state index in [2.05, 4.69) is 18.1 Å². The number of aromatic nitrogens is 1. The molecule has 0 aliphatic heterocycles. The second-order valence-corrected chi connectivity index (χ2v) is 3.04. The largest absolute Gasteiger partial charge is 1.00 e. The van der Waals surface area contributed by atoms with Gasteiger partial charge in [-0.2, -0.15) is 19.1 Å². The molecule has 19 heavy (non-hydrogen) atoms. The van der Waals surface area contributed by atoms with Crippen LogP contribution >= 0.6 is 0 Å². The molecule has 0 amide bonds. The minimum Gasteiger partial charge on any atom is -0.445 e. The Morgan fingerprint density at radius 2 is 1.58 bits per heavy atom. The van der Waals surface area contributed by atoms with E-state index < -0.39 is 18.8 Å². The molecule has 0 radical (unpaired) electrons. The summed E-state index contributed by atoms with van der Waals surface area (Å²) >= 11 is 0. The SMILES string of the molecule is C=C[B-](F)(F)F.C=Cc1ccc(C(F)(F)F)nc1.[K+]. The van der Waals surface area contributed by atoms with Crippen molar-refractivity contribution in [2.45, 2.75) is 6.18 Å². The first kappa shape index (κ1) is 21.2. The molecule has 1 nitrogen and oxygen atoms in total. The van der Waals surface area contributed by atoms with Gasteiger partial charge in [0, 0.05) is 6.20 Å². The minimum absolute atomic E-state index is 0. The third kappa shape index (κ3) is 10.4. The number of hydrogen-bond acceptors (Lipinski definition) is 1. The van der Waals surface area contributed by atoms with Gasteiger partial charge in [0.15, 0.2) is 0 Å². The van der Waals surface area contributed by atoms with Gasteiger partial charge in [-0.25, -0.2) is 0 Å². The molecule has 0 fully saturated rings. The van der Waals surface area contributed by atoms with Crippen molar-refractivity contribution in [3.05, 3.63) is 48.7 Å². The fraction of sp³-hybridized carbons (Fsp3) is 0.100. The molecular weight excluding hydrogens is 298 g/mol. The van der Waals surface area contributed by atoms with Gasteiger partial charge in [-0.3, -0.25) is 4.98 Å². The maximum Gasteiger partial charge on any atom is 1.00 e. The number of nitrogens with zero attached hydrogens (tertiary/aromatic N) is 1. The first-order valence-electron chi connectivity index (χ1n) is 4.59. The van der Waals surface area contributed by atoms with E-state index >= 15 is 0 Å². The van der Waals surface area contributed by atoms with Crippen molar-refractivity contribution in [3.8, 4) is 0 Å². The van der Waals surface area contributed by atoms with E-state index in [0.29, 0.717) is 5.56 Å². The standard InChI is InChI=1S/C8H6F3N.C2H3BF3.K/c1-2-6-3-4-7(12-5-6)8(9,10)11;1-2-3(4,5)6;/h2-5H,1H2;2H,1H2;/q;-1;+1. The molecule has 0 atom stereocenters. The Morgan fingerprint density at radius 1 is 1.11 bits per heavy atom. The van der Waals surface area contributed by atoms with Crippen LogP contribution < -0.4 is 51.4 Å². The van der Waals surface area contributed by atoms with Crippen molar-refractivity contribution in [1.82, 2.24) is 4.98 Å². The van der Waals surface area contributed by atoms with E-state index in [-0.39, 0.29) is 57.4 Å². The quantitative estimate of drug-likeness (QED) is 0.593. The summed E-state index contributed by atoms with van der Waals surface area (Å²) in [6.07, 6.45) is -1.79. The molecule has 1 aromatic rings. The summed E-state index contributed by atoms with van der Waals surface area (Å²) in [5.41, 5.74) is -0.309. The molecule has 0 bridgehead atoms. The Balaban J connectivity index is 0. The Kier molecular flexibility index (Phi) is 10.0. The van der Waals surface area contributed by atoms with Crippen LogP contribution in [-0.4, -0.2) is 12.0 Å². The summed E-state index contributed by atoms with van der Waals surface area (Å²) in [4.78, 5) is 3.22. The van der Waals surface area contributed by atoms with Gasteiger partial charge in [-0.1, -0.05) is 18.7 Å². The zero-order chi connectivity index (χ0) is 14.4. The Labute approximate surface area is 149 Å². The molecule has 0 saturated carbocycles. The van der Waals surface area contributed by atoms with Crippen molar-refractivity contribution < 1.29 is 77.5 Å². The van der Waals surface area contributed by atoms with E-state index in [1.54, 1.807) is 0 Å². The molecule has 0 saturated heterocycles. The zero-order valence-electron chi connectivity index (χ0n) is 10.1. The Hall–Kier alpha value is -0.0887. The van der Waals surface area contributed by atoms with Gasteiger partial charge in [-0.15, -0.1) is 6.58 Å². The average molecular weight is 307 g/mol. The van der Waals surface area contributed by atoms with Crippen molar-refractivity contribution in [2.75, 3.05) is 0 Å². The first-order chi connectivity index (χ1) is 8.10. The Morgan fingerprint density at radius 3 is 1.79 bits per heavy atom. The normalized spacial score (nSPS) is 10.6. The molecule has 100 valence electrons. The van der Waals surface area contributed by atoms with Crippen LogP contribution in [0, 0.1) is 0 Å². The molecule has 0 N–H and O–H groups in total. The van der Waals surface area contributed by atoms with Gasteiger partial charge >= 0.3 is 64.5 Å². The molecule has 0 aromatic carbocycles. The van der Waals surface area contributed by atoms with E-state index in [1.807, 2.05) is 0 Å². The molecule has 0 aliphatic carbocycles. The molecule has 0 unspecified atom stereocenters. The van der Waals surface area contributed by atoms with Gasteiger partial charge < -0.3 is 12.9 Å². The molecule has 1 heterocycles. The van der Waals surface area contributed by atoms with Crippen LogP contribution in [0.1, 0.15) is 11.3 Å². The van der Waals surface area contributed by atoms with Crippen LogP contribution in [0.5, 0.6) is 0 Å². The molecule has 1 rings (SSSR count). The fourth-order valence-corrected chi connectivity index (χ4v) is 0.694. The van der Waals surface area contributed by atoms with Crippen LogP contribution in [0.4, 0.5) is 26.1 Å². The molecule has 9 heteroatoms. The predicted molar refractivity (Wildman–Crippen MR) is 58.6 cm³/mol. The van der Waals surface area contributed by atoms with Gasteiger partial charge in [0.1, 0.15) is 5.69 Å². The van der Waals surface area contributed by atoms with Crippen molar-refractivity contribution >= 4 is 13.1 Å². The van der Waals surface area contributed by atoms with Gasteiger partial charge in [0.05, 0.1) is 0 Å². The van der Waals surface area contributed by atoms with Crippen LogP contribution in [0.15, 0.2) is 37.5 Å². The monoisotopic (exact) mass is 307 g/mol. The molecule has 0 spiro atoms. The second-order valence-electron chi connectivity index (χ2n) is 3.04. The van der Waals surface area contributed by atoms with Gasteiger partial charge in [0.25, 0.3) is 0 Å². The van der Waals surface area contributed by atoms with Crippen molar-refractivity contribution in [1.29, 1.82) is 0 Å². The first-order valence-corrected chi connectivity index (χ1v) is 4.59. The Bertz CT molecular complexity index is 398. The van der Waals surface area contributed by atoms with Gasteiger partial charge in [0.2, 0.25) is 0 Å². The summed E-state index contributed by atoms with van der Waals surface area (Å²) in [6.45, 7) is 1.21. The van der Waals surface area contributed by atoms with Crippen molar-refractivity contribution in [2.24, 2.45) is 0 Å². The molecular formula is C10H9BF6KN. The van der Waals surface area contributed by atoms with Gasteiger partial charge in [-0.05, 0) is 11.6 Å². The third-order valence-corrected chi connectivity index (χ3v) is 1.58. The van der Waals surface area contributed by atoms with Crippen LogP contribution in [0.25, 0.3) is 6.08 Å². The summed E-state index contributed by atoms with van der Waals surface area (Å²) in [7, 11) is 0. The predicted octanol–water partition coefficient (Wildman–Crippen LogP) is 1.31. The van der Waals surface area contributed by atoms with Crippen LogP contribution in [-0.2, 0) is 6.18 Å². The minimum atomic E-state index is -4.72. The number of alkyl halides is 3. The topological polar surface area (TPSA) is 12.9 Å². The number of rotatable bonds is 2. The number of hydrogen-bond donors (Lipinski definition) is 0. The average Bonchev–Trinajstić information content (AvgIpc) is 2.28. The van der Waals surface area contributed by atoms with E-state index in [9.17, 15) is 26.1 Å². The number of pyridine rings is 1. The van der Waals surface area contributed by atoms with E-state index in [1.165, 1.54) is 12.1 Å². The summed E-state index contributed by atoms with van der Waals surface area (Å²) in [5.74, 6) is 0. The third-order valence-electron chi connectivity index (χ3n) is 1.58. The summed E-state index contributed by atoms with van der Waals surface area (Å²) < 4.78 is 68.0. The summed E-state index contributed by atoms with van der Waals surface area (Å²) in [5, 5.41) is 0. The fourth-order valence-electron chi connectivity index (χ4n) is 0.694. The second kappa shape index (κ2) is 8.96.